The van der Waals surface area contributed by atoms with E-state index in [0.717, 1.165) is 10.5 Å². The molecule has 0 aliphatic carbocycles. The first-order valence-corrected chi connectivity index (χ1v) is 6.86. The number of nitrogens with zero attached hydrogens (tertiary/aromatic N) is 2. The van der Waals surface area contributed by atoms with Gasteiger partial charge in [-0.15, -0.1) is 10.2 Å². The highest BCUT2D eigenvalue weighted by molar-refractivity contribution is 7.99. The summed E-state index contributed by atoms with van der Waals surface area (Å²) >= 11 is 1.35. The molecule has 0 radical (unpaired) electrons. The number of benzene rings is 1. The number of aryl methyl sites for hydroxylation is 1. The molecule has 1 aromatic carbocycles. The third-order valence-corrected chi connectivity index (χ3v) is 3.39. The smallest absolute Gasteiger partial charge is 0.281 e. The molecule has 4 nitrogen and oxygen atoms in total. The summed E-state index contributed by atoms with van der Waals surface area (Å²) in [4.78, 5) is 0.915. The molecular formula is C13H16FN3OS. The fourth-order valence-electron chi connectivity index (χ4n) is 1.51. The van der Waals surface area contributed by atoms with Gasteiger partial charge >= 0.3 is 0 Å². The Hall–Kier alpha value is -1.40. The van der Waals surface area contributed by atoms with E-state index >= 15 is 0 Å². The highest BCUT2D eigenvalue weighted by Crippen LogP contribution is 2.30. The largest absolute Gasteiger partial charge is 0.416 e. The molecule has 1 N–H and O–H groups in total. The summed E-state index contributed by atoms with van der Waals surface area (Å²) in [5.74, 6) is 0.276. The van der Waals surface area contributed by atoms with Crippen molar-refractivity contribution in [2.75, 3.05) is 0 Å². The molecule has 1 heterocycles. The zero-order valence-corrected chi connectivity index (χ0v) is 11.9. The van der Waals surface area contributed by atoms with Crippen molar-refractivity contribution in [3.05, 3.63) is 35.5 Å². The normalized spacial score (nSPS) is 11.2. The lowest BCUT2D eigenvalue weighted by Gasteiger charge is -2.11. The quantitative estimate of drug-likeness (QED) is 0.912. The maximum Gasteiger partial charge on any atom is 0.281 e. The van der Waals surface area contributed by atoms with Crippen LogP contribution in [0.5, 0.6) is 0 Å². The molecule has 0 fully saturated rings. The van der Waals surface area contributed by atoms with Crippen LogP contribution in [0.2, 0.25) is 0 Å². The van der Waals surface area contributed by atoms with Gasteiger partial charge in [-0.05, 0) is 35.5 Å². The van der Waals surface area contributed by atoms with Crippen LogP contribution < -0.4 is 5.32 Å². The minimum atomic E-state index is -0.244. The first-order chi connectivity index (χ1) is 9.04. The van der Waals surface area contributed by atoms with Gasteiger partial charge in [0.15, 0.2) is 0 Å². The van der Waals surface area contributed by atoms with E-state index in [1.165, 1.54) is 23.9 Å². The van der Waals surface area contributed by atoms with Crippen molar-refractivity contribution >= 4 is 11.8 Å². The SMILES string of the molecule is Cc1nnc(Sc2ccc(F)cc2CNC(C)C)o1. The minimum absolute atomic E-state index is 0.244. The molecular weight excluding hydrogens is 265 g/mol. The molecule has 0 spiro atoms. The summed E-state index contributed by atoms with van der Waals surface area (Å²) in [6.45, 7) is 6.44. The van der Waals surface area contributed by atoms with Crippen molar-refractivity contribution in [3.63, 3.8) is 0 Å². The van der Waals surface area contributed by atoms with Gasteiger partial charge in [0.25, 0.3) is 5.22 Å². The molecule has 0 atom stereocenters. The number of halogens is 1. The topological polar surface area (TPSA) is 51.0 Å². The van der Waals surface area contributed by atoms with Crippen LogP contribution in [0.4, 0.5) is 4.39 Å². The van der Waals surface area contributed by atoms with Gasteiger partial charge in [-0.1, -0.05) is 13.8 Å². The standard InChI is InChI=1S/C13H16FN3OS/c1-8(2)15-7-10-6-11(14)4-5-12(10)19-13-17-16-9(3)18-13/h4-6,8,15H,7H2,1-3H3. The van der Waals surface area contributed by atoms with Gasteiger partial charge < -0.3 is 9.73 Å². The lowest BCUT2D eigenvalue weighted by molar-refractivity contribution is 0.429. The number of hydrogen-bond donors (Lipinski definition) is 1. The molecule has 0 amide bonds. The predicted molar refractivity (Wildman–Crippen MR) is 71.5 cm³/mol. The number of nitrogens with one attached hydrogen (secondary N) is 1. The van der Waals surface area contributed by atoms with Crippen LogP contribution in [0.3, 0.4) is 0 Å². The Bertz CT molecular complexity index is 557. The van der Waals surface area contributed by atoms with Gasteiger partial charge in [-0.25, -0.2) is 4.39 Å². The van der Waals surface area contributed by atoms with Crippen LogP contribution in [-0.2, 0) is 6.54 Å². The van der Waals surface area contributed by atoms with E-state index in [9.17, 15) is 4.39 Å². The maximum absolute atomic E-state index is 13.3. The van der Waals surface area contributed by atoms with E-state index in [1.54, 1.807) is 13.0 Å². The zero-order valence-electron chi connectivity index (χ0n) is 11.1. The Morgan fingerprint density at radius 3 is 2.79 bits per heavy atom. The first-order valence-electron chi connectivity index (χ1n) is 6.04. The van der Waals surface area contributed by atoms with E-state index < -0.39 is 0 Å². The summed E-state index contributed by atoms with van der Waals surface area (Å²) in [5.41, 5.74) is 0.884. The molecule has 2 aromatic rings. The average Bonchev–Trinajstić information content (AvgIpc) is 2.75. The number of aromatic nitrogens is 2. The van der Waals surface area contributed by atoms with E-state index in [2.05, 4.69) is 15.5 Å². The summed E-state index contributed by atoms with van der Waals surface area (Å²) in [7, 11) is 0. The van der Waals surface area contributed by atoms with Crippen molar-refractivity contribution < 1.29 is 8.81 Å². The summed E-state index contributed by atoms with van der Waals surface area (Å²) in [6.07, 6.45) is 0. The van der Waals surface area contributed by atoms with Crippen LogP contribution in [0.1, 0.15) is 25.3 Å². The van der Waals surface area contributed by atoms with Crippen LogP contribution in [0.25, 0.3) is 0 Å². The molecule has 19 heavy (non-hydrogen) atoms. The lowest BCUT2D eigenvalue weighted by atomic mass is 10.2. The van der Waals surface area contributed by atoms with Gasteiger partial charge in [0.1, 0.15) is 5.82 Å². The van der Waals surface area contributed by atoms with Crippen LogP contribution in [0.15, 0.2) is 32.7 Å². The maximum atomic E-state index is 13.3. The van der Waals surface area contributed by atoms with Crippen molar-refractivity contribution in [1.82, 2.24) is 15.5 Å². The third-order valence-electron chi connectivity index (χ3n) is 2.43. The summed E-state index contributed by atoms with van der Waals surface area (Å²) in [6, 6.07) is 5.04. The van der Waals surface area contributed by atoms with Gasteiger partial charge in [-0.3, -0.25) is 0 Å². The molecule has 6 heteroatoms. The van der Waals surface area contributed by atoms with Gasteiger partial charge in [0.2, 0.25) is 5.89 Å². The fourth-order valence-corrected chi connectivity index (χ4v) is 2.34. The van der Waals surface area contributed by atoms with E-state index in [1.807, 2.05) is 13.8 Å². The number of rotatable bonds is 5. The second-order valence-corrected chi connectivity index (χ2v) is 5.47. The second kappa shape index (κ2) is 6.16. The first kappa shape index (κ1) is 14.0. The average molecular weight is 281 g/mol. The van der Waals surface area contributed by atoms with Crippen LogP contribution in [0, 0.1) is 12.7 Å². The molecule has 2 rings (SSSR count). The Morgan fingerprint density at radius 1 is 1.37 bits per heavy atom. The van der Waals surface area contributed by atoms with Crippen LogP contribution >= 0.6 is 11.8 Å². The highest BCUT2D eigenvalue weighted by atomic mass is 32.2. The molecule has 1 aromatic heterocycles. The second-order valence-electron chi connectivity index (χ2n) is 4.48. The van der Waals surface area contributed by atoms with E-state index in [0.29, 0.717) is 23.7 Å². The Balaban J connectivity index is 2.18. The lowest BCUT2D eigenvalue weighted by Crippen LogP contribution is -2.22. The minimum Gasteiger partial charge on any atom is -0.416 e. The Kier molecular flexibility index (Phi) is 4.55. The monoisotopic (exact) mass is 281 g/mol. The van der Waals surface area contributed by atoms with Crippen molar-refractivity contribution in [2.24, 2.45) is 0 Å². The molecule has 0 aliphatic rings. The Morgan fingerprint density at radius 2 is 2.16 bits per heavy atom. The van der Waals surface area contributed by atoms with Gasteiger partial charge in [-0.2, -0.15) is 0 Å². The van der Waals surface area contributed by atoms with Gasteiger partial charge in [0.05, 0.1) is 0 Å². The fraction of sp³-hybridized carbons (Fsp3) is 0.385. The predicted octanol–water partition coefficient (Wildman–Crippen LogP) is 3.17. The zero-order chi connectivity index (χ0) is 13.8. The van der Waals surface area contributed by atoms with E-state index in [4.69, 9.17) is 4.42 Å². The molecule has 0 saturated heterocycles. The number of hydrogen-bond acceptors (Lipinski definition) is 5. The summed E-state index contributed by atoms with van der Waals surface area (Å²) < 4.78 is 18.7. The molecule has 0 unspecified atom stereocenters. The Labute approximate surface area is 115 Å². The van der Waals surface area contributed by atoms with Gasteiger partial charge in [0, 0.05) is 24.4 Å². The molecule has 0 saturated carbocycles. The van der Waals surface area contributed by atoms with Crippen molar-refractivity contribution in [3.8, 4) is 0 Å². The van der Waals surface area contributed by atoms with Crippen LogP contribution in [-0.4, -0.2) is 16.2 Å². The van der Waals surface area contributed by atoms with E-state index in [-0.39, 0.29) is 5.82 Å². The molecule has 0 bridgehead atoms. The van der Waals surface area contributed by atoms with Crippen molar-refractivity contribution in [1.29, 1.82) is 0 Å². The highest BCUT2D eigenvalue weighted by Gasteiger charge is 2.10. The van der Waals surface area contributed by atoms with Crippen molar-refractivity contribution in [2.45, 2.75) is 43.5 Å². The molecule has 0 aliphatic heterocycles. The summed E-state index contributed by atoms with van der Waals surface area (Å²) in [5, 5.41) is 11.5. The molecule has 102 valence electrons. The third kappa shape index (κ3) is 4.04.